The summed E-state index contributed by atoms with van der Waals surface area (Å²) in [7, 11) is 1.80. The summed E-state index contributed by atoms with van der Waals surface area (Å²) in [6.07, 6.45) is 6.25. The lowest BCUT2D eigenvalue weighted by Gasteiger charge is -2.28. The number of benzene rings is 1. The van der Waals surface area contributed by atoms with Gasteiger partial charge in [-0.05, 0) is 30.4 Å². The van der Waals surface area contributed by atoms with Gasteiger partial charge in [0.1, 0.15) is 0 Å². The third-order valence-corrected chi connectivity index (χ3v) is 4.74. The highest BCUT2D eigenvalue weighted by molar-refractivity contribution is 5.80. The molecule has 1 aliphatic carbocycles. The Kier molecular flexibility index (Phi) is 4.21. The SMILES string of the molecule is CN(CC1(O)CCCC1)C(=O)CCn1ccc2ccccc21. The molecule has 0 aliphatic heterocycles. The maximum absolute atomic E-state index is 12.3. The smallest absolute Gasteiger partial charge is 0.224 e. The Morgan fingerprint density at radius 1 is 1.27 bits per heavy atom. The normalized spacial score (nSPS) is 17.0. The number of amides is 1. The quantitative estimate of drug-likeness (QED) is 0.923. The third-order valence-electron chi connectivity index (χ3n) is 4.74. The first-order chi connectivity index (χ1) is 10.6. The van der Waals surface area contributed by atoms with Gasteiger partial charge < -0.3 is 14.6 Å². The van der Waals surface area contributed by atoms with E-state index in [4.69, 9.17) is 0 Å². The van der Waals surface area contributed by atoms with Gasteiger partial charge in [-0.25, -0.2) is 0 Å². The molecule has 1 aromatic heterocycles. The molecule has 3 rings (SSSR count). The summed E-state index contributed by atoms with van der Waals surface area (Å²) in [6.45, 7) is 1.13. The molecule has 1 N–H and O–H groups in total. The van der Waals surface area contributed by atoms with Crippen molar-refractivity contribution in [3.63, 3.8) is 0 Å². The van der Waals surface area contributed by atoms with Crippen LogP contribution in [0, 0.1) is 0 Å². The van der Waals surface area contributed by atoms with Gasteiger partial charge in [-0.3, -0.25) is 4.79 Å². The molecular formula is C18H24N2O2. The van der Waals surface area contributed by atoms with E-state index in [0.717, 1.165) is 31.2 Å². The van der Waals surface area contributed by atoms with E-state index < -0.39 is 5.60 Å². The summed E-state index contributed by atoms with van der Waals surface area (Å²) in [5, 5.41) is 11.6. The van der Waals surface area contributed by atoms with Crippen molar-refractivity contribution in [2.24, 2.45) is 0 Å². The lowest BCUT2D eigenvalue weighted by Crippen LogP contribution is -2.42. The van der Waals surface area contributed by atoms with Gasteiger partial charge in [-0.15, -0.1) is 0 Å². The molecule has 1 aliphatic rings. The van der Waals surface area contributed by atoms with Crippen molar-refractivity contribution in [2.75, 3.05) is 13.6 Å². The molecule has 0 radical (unpaired) electrons. The summed E-state index contributed by atoms with van der Waals surface area (Å²) in [4.78, 5) is 14.0. The summed E-state index contributed by atoms with van der Waals surface area (Å²) < 4.78 is 2.12. The van der Waals surface area contributed by atoms with Crippen molar-refractivity contribution in [3.8, 4) is 0 Å². The molecule has 2 aromatic rings. The standard InChI is InChI=1S/C18H24N2O2/c1-19(14-18(22)10-4-5-11-18)17(21)9-13-20-12-8-15-6-2-3-7-16(15)20/h2-3,6-8,12,22H,4-5,9-11,13-14H2,1H3. The first-order valence-electron chi connectivity index (χ1n) is 8.08. The van der Waals surface area contributed by atoms with Crippen LogP contribution in [0.3, 0.4) is 0 Å². The Morgan fingerprint density at radius 2 is 2.00 bits per heavy atom. The Hall–Kier alpha value is -1.81. The van der Waals surface area contributed by atoms with Gasteiger partial charge in [0.05, 0.1) is 5.60 Å². The van der Waals surface area contributed by atoms with Crippen LogP contribution in [0.15, 0.2) is 36.5 Å². The van der Waals surface area contributed by atoms with Gasteiger partial charge >= 0.3 is 0 Å². The number of fused-ring (bicyclic) bond motifs is 1. The molecule has 0 unspecified atom stereocenters. The molecule has 4 heteroatoms. The first kappa shape index (κ1) is 15.1. The van der Waals surface area contributed by atoms with E-state index in [0.29, 0.717) is 19.5 Å². The molecule has 118 valence electrons. The van der Waals surface area contributed by atoms with Gasteiger partial charge in [0.15, 0.2) is 0 Å². The predicted octanol–water partition coefficient (Wildman–Crippen LogP) is 2.79. The molecule has 1 saturated carbocycles. The number of hydrogen-bond donors (Lipinski definition) is 1. The fourth-order valence-corrected chi connectivity index (χ4v) is 3.46. The third kappa shape index (κ3) is 3.17. The second-order valence-corrected chi connectivity index (χ2v) is 6.50. The van der Waals surface area contributed by atoms with E-state index >= 15 is 0 Å². The largest absolute Gasteiger partial charge is 0.388 e. The monoisotopic (exact) mass is 300 g/mol. The van der Waals surface area contributed by atoms with Gasteiger partial charge in [0.2, 0.25) is 5.91 Å². The minimum Gasteiger partial charge on any atom is -0.388 e. The number of para-hydroxylation sites is 1. The van der Waals surface area contributed by atoms with E-state index in [1.807, 2.05) is 18.3 Å². The van der Waals surface area contributed by atoms with Crippen LogP contribution in [-0.4, -0.2) is 39.7 Å². The lowest BCUT2D eigenvalue weighted by atomic mass is 10.0. The van der Waals surface area contributed by atoms with Crippen LogP contribution in [0.25, 0.3) is 10.9 Å². The number of nitrogens with zero attached hydrogens (tertiary/aromatic N) is 2. The summed E-state index contributed by atoms with van der Waals surface area (Å²) in [5.41, 5.74) is 0.497. The van der Waals surface area contributed by atoms with Crippen molar-refractivity contribution in [3.05, 3.63) is 36.5 Å². The molecule has 4 nitrogen and oxygen atoms in total. The van der Waals surface area contributed by atoms with Crippen LogP contribution in [0.1, 0.15) is 32.1 Å². The second-order valence-electron chi connectivity index (χ2n) is 6.50. The average molecular weight is 300 g/mol. The molecule has 1 amide bonds. The zero-order chi connectivity index (χ0) is 15.6. The fraction of sp³-hybridized carbons (Fsp3) is 0.500. The highest BCUT2D eigenvalue weighted by Crippen LogP contribution is 2.30. The molecule has 1 fully saturated rings. The van der Waals surface area contributed by atoms with Crippen molar-refractivity contribution >= 4 is 16.8 Å². The van der Waals surface area contributed by atoms with Crippen molar-refractivity contribution in [2.45, 2.75) is 44.2 Å². The van der Waals surface area contributed by atoms with Crippen molar-refractivity contribution < 1.29 is 9.90 Å². The molecule has 1 heterocycles. The number of aliphatic hydroxyl groups is 1. The van der Waals surface area contributed by atoms with Gasteiger partial charge in [0, 0.05) is 38.3 Å². The number of likely N-dealkylation sites (N-methyl/N-ethyl adjacent to an activating group) is 1. The topological polar surface area (TPSA) is 45.5 Å². The number of aryl methyl sites for hydroxylation is 1. The second kappa shape index (κ2) is 6.13. The summed E-state index contributed by atoms with van der Waals surface area (Å²) >= 11 is 0. The van der Waals surface area contributed by atoms with Crippen LogP contribution in [0.4, 0.5) is 0 Å². The van der Waals surface area contributed by atoms with Crippen LogP contribution in [0.5, 0.6) is 0 Å². The Balaban J connectivity index is 1.57. The van der Waals surface area contributed by atoms with E-state index in [1.165, 1.54) is 5.39 Å². The molecule has 0 spiro atoms. The average Bonchev–Trinajstić information content (AvgIpc) is 3.11. The van der Waals surface area contributed by atoms with Crippen LogP contribution >= 0.6 is 0 Å². The van der Waals surface area contributed by atoms with Gasteiger partial charge in [-0.2, -0.15) is 0 Å². The zero-order valence-electron chi connectivity index (χ0n) is 13.2. The maximum atomic E-state index is 12.3. The maximum Gasteiger partial charge on any atom is 0.224 e. The van der Waals surface area contributed by atoms with E-state index in [1.54, 1.807) is 11.9 Å². The summed E-state index contributed by atoms with van der Waals surface area (Å²) in [6, 6.07) is 10.3. The van der Waals surface area contributed by atoms with Crippen molar-refractivity contribution in [1.29, 1.82) is 0 Å². The van der Waals surface area contributed by atoms with E-state index in [9.17, 15) is 9.90 Å². The molecule has 0 atom stereocenters. The molecule has 0 saturated heterocycles. The fourth-order valence-electron chi connectivity index (χ4n) is 3.46. The highest BCUT2D eigenvalue weighted by atomic mass is 16.3. The summed E-state index contributed by atoms with van der Waals surface area (Å²) in [5.74, 6) is 0.0955. The first-order valence-corrected chi connectivity index (χ1v) is 8.08. The van der Waals surface area contributed by atoms with Gasteiger partial charge in [-0.1, -0.05) is 31.0 Å². The Labute approximate surface area is 131 Å². The number of rotatable bonds is 5. The highest BCUT2D eigenvalue weighted by Gasteiger charge is 2.33. The minimum absolute atomic E-state index is 0.0955. The van der Waals surface area contributed by atoms with Crippen molar-refractivity contribution in [1.82, 2.24) is 9.47 Å². The van der Waals surface area contributed by atoms with Crippen LogP contribution in [0.2, 0.25) is 0 Å². The van der Waals surface area contributed by atoms with Gasteiger partial charge in [0.25, 0.3) is 0 Å². The zero-order valence-corrected chi connectivity index (χ0v) is 13.2. The number of aromatic nitrogens is 1. The van der Waals surface area contributed by atoms with E-state index in [-0.39, 0.29) is 5.91 Å². The molecule has 1 aromatic carbocycles. The van der Waals surface area contributed by atoms with Crippen LogP contribution in [-0.2, 0) is 11.3 Å². The number of hydrogen-bond acceptors (Lipinski definition) is 2. The minimum atomic E-state index is -0.662. The van der Waals surface area contributed by atoms with E-state index in [2.05, 4.69) is 22.8 Å². The Bertz CT molecular complexity index is 656. The number of carbonyl (C=O) groups excluding carboxylic acids is 1. The Morgan fingerprint density at radius 3 is 2.77 bits per heavy atom. The number of carbonyl (C=O) groups is 1. The lowest BCUT2D eigenvalue weighted by molar-refractivity contribution is -0.133. The predicted molar refractivity (Wildman–Crippen MR) is 87.6 cm³/mol. The van der Waals surface area contributed by atoms with Crippen LogP contribution < -0.4 is 0 Å². The molecule has 22 heavy (non-hydrogen) atoms. The molecular weight excluding hydrogens is 276 g/mol. The molecule has 0 bridgehead atoms.